The van der Waals surface area contributed by atoms with E-state index < -0.39 is 0 Å². The van der Waals surface area contributed by atoms with Crippen LogP contribution in [0, 0.1) is 0 Å². The summed E-state index contributed by atoms with van der Waals surface area (Å²) in [5, 5.41) is 0.596. The number of rotatable bonds is 5. The molecule has 3 aromatic rings. The highest BCUT2D eigenvalue weighted by atomic mass is 35.5. The van der Waals surface area contributed by atoms with Crippen molar-refractivity contribution in [2.24, 2.45) is 0 Å². The number of halogens is 1. The van der Waals surface area contributed by atoms with Crippen LogP contribution in [-0.2, 0) is 0 Å². The molecule has 33 heavy (non-hydrogen) atoms. The topological polar surface area (TPSA) is 49.9 Å². The zero-order valence-corrected chi connectivity index (χ0v) is 19.8. The Balaban J connectivity index is 1.69. The maximum Gasteiger partial charge on any atom is 0.258 e. The maximum absolute atomic E-state index is 13.5. The largest absolute Gasteiger partial charge is 0.497 e. The molecule has 6 heteroatoms. The molecule has 170 valence electrons. The van der Waals surface area contributed by atoms with E-state index in [1.54, 1.807) is 55.6 Å². The van der Waals surface area contributed by atoms with E-state index >= 15 is 0 Å². The standard InChI is InChI=1S/C27H27ClN2O3/c1-4-29(26(31)19-9-13-21(28)14-10-19)25-17-18(2)30(24-8-6-5-7-23(24)25)27(32)20-11-15-22(33-3)16-12-20/h5-16,18,25H,4,17H2,1-3H3/t18-,25?/m0/s1. The third kappa shape index (κ3) is 4.46. The minimum Gasteiger partial charge on any atom is -0.497 e. The lowest BCUT2D eigenvalue weighted by Gasteiger charge is -2.43. The van der Waals surface area contributed by atoms with Crippen LogP contribution in [0.25, 0.3) is 0 Å². The predicted octanol–water partition coefficient (Wildman–Crippen LogP) is 5.99. The van der Waals surface area contributed by atoms with E-state index in [4.69, 9.17) is 16.3 Å². The Morgan fingerprint density at radius 1 is 1.00 bits per heavy atom. The molecule has 0 bridgehead atoms. The van der Waals surface area contributed by atoms with Crippen molar-refractivity contribution in [1.29, 1.82) is 0 Å². The number of fused-ring (bicyclic) bond motifs is 1. The van der Waals surface area contributed by atoms with E-state index in [2.05, 4.69) is 0 Å². The molecule has 2 amide bonds. The number of ether oxygens (including phenoxy) is 1. The minimum atomic E-state index is -0.135. The predicted molar refractivity (Wildman–Crippen MR) is 131 cm³/mol. The molecule has 0 radical (unpaired) electrons. The Morgan fingerprint density at radius 2 is 1.64 bits per heavy atom. The third-order valence-electron chi connectivity index (χ3n) is 6.19. The van der Waals surface area contributed by atoms with Crippen molar-refractivity contribution >= 4 is 29.1 Å². The Labute approximate surface area is 199 Å². The summed E-state index contributed by atoms with van der Waals surface area (Å²) in [5.41, 5.74) is 3.01. The normalized spacial score (nSPS) is 17.3. The zero-order valence-electron chi connectivity index (χ0n) is 19.0. The Morgan fingerprint density at radius 3 is 2.27 bits per heavy atom. The van der Waals surface area contributed by atoms with E-state index in [0.29, 0.717) is 34.9 Å². The highest BCUT2D eigenvalue weighted by Crippen LogP contribution is 2.41. The average molecular weight is 463 g/mol. The van der Waals surface area contributed by atoms with Crippen molar-refractivity contribution in [2.45, 2.75) is 32.4 Å². The summed E-state index contributed by atoms with van der Waals surface area (Å²) in [6.07, 6.45) is 0.645. The summed E-state index contributed by atoms with van der Waals surface area (Å²) in [6.45, 7) is 4.57. The summed E-state index contributed by atoms with van der Waals surface area (Å²) in [4.78, 5) is 30.6. The first-order chi connectivity index (χ1) is 15.9. The summed E-state index contributed by atoms with van der Waals surface area (Å²) in [6, 6.07) is 21.8. The highest BCUT2D eigenvalue weighted by Gasteiger charge is 2.37. The number of benzene rings is 3. The molecule has 1 aliphatic rings. The molecule has 0 fully saturated rings. The SMILES string of the molecule is CCN(C(=O)c1ccc(Cl)cc1)C1C[C@H](C)N(C(=O)c2ccc(OC)cc2)c2ccccc21. The summed E-state index contributed by atoms with van der Waals surface area (Å²) in [5.74, 6) is 0.595. The molecule has 5 nitrogen and oxygen atoms in total. The van der Waals surface area contributed by atoms with Gasteiger partial charge in [-0.2, -0.15) is 0 Å². The Kier molecular flexibility index (Phi) is 6.70. The van der Waals surface area contributed by atoms with Crippen LogP contribution in [-0.4, -0.2) is 36.4 Å². The number of methoxy groups -OCH3 is 1. The smallest absolute Gasteiger partial charge is 0.258 e. The number of hydrogen-bond acceptors (Lipinski definition) is 3. The molecule has 0 saturated heterocycles. The summed E-state index contributed by atoms with van der Waals surface area (Å²) < 4.78 is 5.22. The molecule has 1 heterocycles. The van der Waals surface area contributed by atoms with Crippen molar-refractivity contribution in [3.05, 3.63) is 94.5 Å². The third-order valence-corrected chi connectivity index (χ3v) is 6.44. The molecule has 2 atom stereocenters. The fraction of sp³-hybridized carbons (Fsp3) is 0.259. The van der Waals surface area contributed by atoms with Gasteiger partial charge in [0.2, 0.25) is 0 Å². The maximum atomic E-state index is 13.5. The van der Waals surface area contributed by atoms with Crippen LogP contribution in [0.1, 0.15) is 52.6 Å². The number of para-hydroxylation sites is 1. The first kappa shape index (κ1) is 22.9. The Hall–Kier alpha value is -3.31. The van der Waals surface area contributed by atoms with Gasteiger partial charge in [-0.25, -0.2) is 0 Å². The molecule has 0 spiro atoms. The second-order valence-electron chi connectivity index (χ2n) is 8.16. The van der Waals surface area contributed by atoms with Crippen LogP contribution >= 0.6 is 11.6 Å². The van der Waals surface area contributed by atoms with Gasteiger partial charge >= 0.3 is 0 Å². The Bertz CT molecular complexity index is 1140. The molecular formula is C27H27ClN2O3. The second kappa shape index (κ2) is 9.67. The highest BCUT2D eigenvalue weighted by molar-refractivity contribution is 6.30. The van der Waals surface area contributed by atoms with Gasteiger partial charge in [-0.05, 0) is 80.4 Å². The molecule has 3 aromatic carbocycles. The van der Waals surface area contributed by atoms with Crippen molar-refractivity contribution in [2.75, 3.05) is 18.6 Å². The van der Waals surface area contributed by atoms with Gasteiger partial charge in [-0.3, -0.25) is 9.59 Å². The molecule has 0 N–H and O–H groups in total. The molecular weight excluding hydrogens is 436 g/mol. The van der Waals surface area contributed by atoms with E-state index in [1.165, 1.54) is 0 Å². The number of nitrogens with zero attached hydrogens (tertiary/aromatic N) is 2. The van der Waals surface area contributed by atoms with Gasteiger partial charge in [0.1, 0.15) is 5.75 Å². The molecule has 0 aliphatic carbocycles. The summed E-state index contributed by atoms with van der Waals surface area (Å²) in [7, 11) is 1.60. The molecule has 0 saturated carbocycles. The van der Waals surface area contributed by atoms with E-state index in [0.717, 1.165) is 11.3 Å². The van der Waals surface area contributed by atoms with E-state index in [-0.39, 0.29) is 23.9 Å². The van der Waals surface area contributed by atoms with Gasteiger partial charge in [0.25, 0.3) is 11.8 Å². The van der Waals surface area contributed by atoms with Crippen LogP contribution in [0.2, 0.25) is 5.02 Å². The van der Waals surface area contributed by atoms with Crippen LogP contribution in [0.15, 0.2) is 72.8 Å². The van der Waals surface area contributed by atoms with Crippen LogP contribution in [0.4, 0.5) is 5.69 Å². The lowest BCUT2D eigenvalue weighted by atomic mass is 9.89. The van der Waals surface area contributed by atoms with Crippen LogP contribution in [0.3, 0.4) is 0 Å². The van der Waals surface area contributed by atoms with Gasteiger partial charge < -0.3 is 14.5 Å². The fourth-order valence-electron chi connectivity index (χ4n) is 4.52. The first-order valence-corrected chi connectivity index (χ1v) is 11.5. The van der Waals surface area contributed by atoms with Gasteiger partial charge in [-0.1, -0.05) is 29.8 Å². The summed E-state index contributed by atoms with van der Waals surface area (Å²) >= 11 is 6.01. The van der Waals surface area contributed by atoms with Gasteiger partial charge in [0, 0.05) is 34.4 Å². The van der Waals surface area contributed by atoms with Crippen molar-refractivity contribution in [3.8, 4) is 5.75 Å². The lowest BCUT2D eigenvalue weighted by molar-refractivity contribution is 0.0665. The van der Waals surface area contributed by atoms with Gasteiger partial charge in [0.15, 0.2) is 0 Å². The van der Waals surface area contributed by atoms with Crippen LogP contribution < -0.4 is 9.64 Å². The van der Waals surface area contributed by atoms with Gasteiger partial charge in [-0.15, -0.1) is 0 Å². The van der Waals surface area contributed by atoms with E-state index in [9.17, 15) is 9.59 Å². The monoisotopic (exact) mass is 462 g/mol. The number of carbonyl (C=O) groups excluding carboxylic acids is 2. The van der Waals surface area contributed by atoms with Crippen molar-refractivity contribution in [3.63, 3.8) is 0 Å². The molecule has 0 aromatic heterocycles. The quantitative estimate of drug-likeness (QED) is 0.468. The number of amides is 2. The zero-order chi connectivity index (χ0) is 23.5. The van der Waals surface area contributed by atoms with Crippen LogP contribution in [0.5, 0.6) is 5.75 Å². The first-order valence-electron chi connectivity index (χ1n) is 11.1. The number of anilines is 1. The minimum absolute atomic E-state index is 0.0453. The average Bonchev–Trinajstić information content (AvgIpc) is 2.84. The second-order valence-corrected chi connectivity index (χ2v) is 8.60. The number of hydrogen-bond donors (Lipinski definition) is 0. The molecule has 4 rings (SSSR count). The molecule has 1 unspecified atom stereocenters. The van der Waals surface area contributed by atoms with E-state index in [1.807, 2.05) is 47.9 Å². The van der Waals surface area contributed by atoms with Crippen molar-refractivity contribution in [1.82, 2.24) is 4.90 Å². The molecule has 1 aliphatic heterocycles. The van der Waals surface area contributed by atoms with Gasteiger partial charge in [0.05, 0.1) is 13.2 Å². The fourth-order valence-corrected chi connectivity index (χ4v) is 4.65. The number of carbonyl (C=O) groups is 2. The van der Waals surface area contributed by atoms with Crippen molar-refractivity contribution < 1.29 is 14.3 Å². The lowest BCUT2D eigenvalue weighted by Crippen LogP contribution is -2.47.